The van der Waals surface area contributed by atoms with E-state index >= 15 is 0 Å². The van der Waals surface area contributed by atoms with E-state index in [0.717, 1.165) is 33.6 Å². The van der Waals surface area contributed by atoms with E-state index in [0.29, 0.717) is 11.1 Å². The molecule has 0 saturated carbocycles. The fourth-order valence-electron chi connectivity index (χ4n) is 3.23. The number of nitrogens with zero attached hydrogens (tertiary/aromatic N) is 2. The molecule has 6 N–H and O–H groups in total. The molecular weight excluding hydrogens is 348 g/mol. The van der Waals surface area contributed by atoms with Gasteiger partial charge in [-0.3, -0.25) is 10.8 Å². The maximum atomic E-state index is 7.52. The molecule has 0 fully saturated rings. The molecule has 0 amide bonds. The highest BCUT2D eigenvalue weighted by molar-refractivity contribution is 5.96. The number of rotatable bonds is 4. The van der Waals surface area contributed by atoms with Crippen molar-refractivity contribution in [3.05, 3.63) is 83.7 Å². The van der Waals surface area contributed by atoms with Crippen molar-refractivity contribution < 1.29 is 0 Å². The minimum atomic E-state index is 0.0535. The van der Waals surface area contributed by atoms with Gasteiger partial charge in [0.05, 0.1) is 5.69 Å². The van der Waals surface area contributed by atoms with Crippen molar-refractivity contribution >= 4 is 17.3 Å². The predicted molar refractivity (Wildman–Crippen MR) is 113 cm³/mol. The molecule has 0 unspecified atom stereocenters. The summed E-state index contributed by atoms with van der Waals surface area (Å²) in [4.78, 5) is 4.76. The van der Waals surface area contributed by atoms with Crippen molar-refractivity contribution in [3.63, 3.8) is 0 Å². The average molecular weight is 368 g/mol. The summed E-state index contributed by atoms with van der Waals surface area (Å²) >= 11 is 0. The van der Waals surface area contributed by atoms with Crippen LogP contribution in [0.25, 0.3) is 28.0 Å². The maximum absolute atomic E-state index is 7.52. The SMILES string of the molecule is Cc1cc(-c2ccc(C(=N)N)cc2)cn2cc(-c3ccc(C(=N)N)cc3)nc12. The number of pyridine rings is 1. The molecule has 2 heterocycles. The smallest absolute Gasteiger partial charge is 0.140 e. The minimum Gasteiger partial charge on any atom is -0.384 e. The lowest BCUT2D eigenvalue weighted by Gasteiger charge is -2.06. The van der Waals surface area contributed by atoms with E-state index in [1.807, 2.05) is 72.2 Å². The second-order valence-electron chi connectivity index (χ2n) is 6.75. The number of imidazole rings is 1. The number of nitrogens with one attached hydrogen (secondary N) is 2. The number of hydrogen-bond acceptors (Lipinski definition) is 3. The molecule has 0 bridgehead atoms. The van der Waals surface area contributed by atoms with E-state index < -0.39 is 0 Å². The Morgan fingerprint density at radius 3 is 1.86 bits per heavy atom. The normalized spacial score (nSPS) is 10.9. The Balaban J connectivity index is 1.74. The molecule has 0 aliphatic rings. The van der Waals surface area contributed by atoms with E-state index in [9.17, 15) is 0 Å². The second kappa shape index (κ2) is 6.66. The average Bonchev–Trinajstić information content (AvgIpc) is 3.13. The van der Waals surface area contributed by atoms with Crippen LogP contribution in [-0.4, -0.2) is 21.1 Å². The Hall–Kier alpha value is -3.93. The number of nitrogens with two attached hydrogens (primary N) is 2. The van der Waals surface area contributed by atoms with Crippen LogP contribution in [0.5, 0.6) is 0 Å². The number of amidine groups is 2. The van der Waals surface area contributed by atoms with Crippen LogP contribution in [0.3, 0.4) is 0 Å². The molecule has 0 spiro atoms. The van der Waals surface area contributed by atoms with E-state index in [1.54, 1.807) is 0 Å². The highest BCUT2D eigenvalue weighted by atomic mass is 15.0. The van der Waals surface area contributed by atoms with Crippen molar-refractivity contribution in [1.29, 1.82) is 10.8 Å². The Morgan fingerprint density at radius 1 is 0.786 bits per heavy atom. The standard InChI is InChI=1S/C22H20N6/c1-13-10-18(14-2-6-16(7-3-14)20(23)24)11-28-12-19(27-22(13)28)15-4-8-17(9-5-15)21(25)26/h2-12H,1H3,(H3,23,24)(H3,25,26). The van der Waals surface area contributed by atoms with E-state index in [-0.39, 0.29) is 11.7 Å². The van der Waals surface area contributed by atoms with E-state index in [1.165, 1.54) is 0 Å². The zero-order chi connectivity index (χ0) is 19.8. The number of hydrogen-bond donors (Lipinski definition) is 4. The lowest BCUT2D eigenvalue weighted by atomic mass is 10.0. The highest BCUT2D eigenvalue weighted by Crippen LogP contribution is 2.26. The van der Waals surface area contributed by atoms with Gasteiger partial charge in [-0.15, -0.1) is 0 Å². The summed E-state index contributed by atoms with van der Waals surface area (Å²) < 4.78 is 2.03. The summed E-state index contributed by atoms with van der Waals surface area (Å²) in [6, 6.07) is 17.3. The second-order valence-corrected chi connectivity index (χ2v) is 6.75. The molecule has 2 aromatic heterocycles. The van der Waals surface area contributed by atoms with Gasteiger partial charge < -0.3 is 15.9 Å². The summed E-state index contributed by atoms with van der Waals surface area (Å²) in [5.41, 5.74) is 18.4. The van der Waals surface area contributed by atoms with Crippen molar-refractivity contribution in [3.8, 4) is 22.4 Å². The van der Waals surface area contributed by atoms with Crippen molar-refractivity contribution in [2.45, 2.75) is 6.92 Å². The topological polar surface area (TPSA) is 117 Å². The Kier molecular flexibility index (Phi) is 4.16. The van der Waals surface area contributed by atoms with Crippen LogP contribution < -0.4 is 11.5 Å². The molecule has 0 aliphatic carbocycles. The minimum absolute atomic E-state index is 0.0535. The van der Waals surface area contributed by atoms with Gasteiger partial charge >= 0.3 is 0 Å². The fourth-order valence-corrected chi connectivity index (χ4v) is 3.23. The first-order chi connectivity index (χ1) is 13.4. The molecule has 6 heteroatoms. The third kappa shape index (κ3) is 3.12. The Bertz CT molecular complexity index is 1200. The molecule has 0 aliphatic heterocycles. The highest BCUT2D eigenvalue weighted by Gasteiger charge is 2.10. The molecule has 4 aromatic rings. The van der Waals surface area contributed by atoms with Gasteiger partial charge in [0.25, 0.3) is 0 Å². The third-order valence-corrected chi connectivity index (χ3v) is 4.76. The van der Waals surface area contributed by atoms with Gasteiger partial charge in [-0.1, -0.05) is 48.5 Å². The van der Waals surface area contributed by atoms with Gasteiger partial charge in [0.1, 0.15) is 17.3 Å². The molecule has 0 saturated heterocycles. The number of aromatic nitrogens is 2. The Morgan fingerprint density at radius 2 is 1.32 bits per heavy atom. The first-order valence-corrected chi connectivity index (χ1v) is 8.81. The summed E-state index contributed by atoms with van der Waals surface area (Å²) in [6.07, 6.45) is 4.05. The first kappa shape index (κ1) is 17.5. The number of aryl methyl sites for hydroxylation is 1. The molecule has 0 radical (unpaired) electrons. The van der Waals surface area contributed by atoms with Crippen LogP contribution in [0, 0.1) is 17.7 Å². The summed E-state index contributed by atoms with van der Waals surface area (Å²) in [5.74, 6) is 0.117. The van der Waals surface area contributed by atoms with Gasteiger partial charge in [-0.2, -0.15) is 0 Å². The Labute approximate surface area is 162 Å². The maximum Gasteiger partial charge on any atom is 0.140 e. The van der Waals surface area contributed by atoms with Crippen LogP contribution in [0.1, 0.15) is 16.7 Å². The number of nitrogen functional groups attached to an aromatic ring is 2. The lowest BCUT2D eigenvalue weighted by molar-refractivity contribution is 1.16. The molecule has 138 valence electrons. The quantitative estimate of drug-likeness (QED) is 0.326. The van der Waals surface area contributed by atoms with Crippen molar-refractivity contribution in [1.82, 2.24) is 9.38 Å². The van der Waals surface area contributed by atoms with Crippen molar-refractivity contribution in [2.24, 2.45) is 11.5 Å². The van der Waals surface area contributed by atoms with Crippen LogP contribution >= 0.6 is 0 Å². The van der Waals surface area contributed by atoms with Gasteiger partial charge in [0, 0.05) is 29.1 Å². The monoisotopic (exact) mass is 368 g/mol. The van der Waals surface area contributed by atoms with Crippen LogP contribution in [0.4, 0.5) is 0 Å². The van der Waals surface area contributed by atoms with Gasteiger partial charge in [0.15, 0.2) is 0 Å². The molecular formula is C22H20N6. The van der Waals surface area contributed by atoms with Gasteiger partial charge in [-0.25, -0.2) is 4.98 Å². The third-order valence-electron chi connectivity index (χ3n) is 4.76. The molecule has 4 rings (SSSR count). The van der Waals surface area contributed by atoms with Crippen molar-refractivity contribution in [2.75, 3.05) is 0 Å². The molecule has 2 aromatic carbocycles. The van der Waals surface area contributed by atoms with Crippen LogP contribution in [0.15, 0.2) is 67.0 Å². The summed E-state index contributed by atoms with van der Waals surface area (Å²) in [6.45, 7) is 2.04. The van der Waals surface area contributed by atoms with Crippen LogP contribution in [-0.2, 0) is 0 Å². The zero-order valence-electron chi connectivity index (χ0n) is 15.4. The van der Waals surface area contributed by atoms with Gasteiger partial charge in [-0.05, 0) is 29.7 Å². The first-order valence-electron chi connectivity index (χ1n) is 8.81. The van der Waals surface area contributed by atoms with Crippen LogP contribution in [0.2, 0.25) is 0 Å². The predicted octanol–water partition coefficient (Wildman–Crippen LogP) is 3.54. The molecule has 28 heavy (non-hydrogen) atoms. The van der Waals surface area contributed by atoms with E-state index in [2.05, 4.69) is 6.07 Å². The summed E-state index contributed by atoms with van der Waals surface area (Å²) in [7, 11) is 0. The van der Waals surface area contributed by atoms with Gasteiger partial charge in [0.2, 0.25) is 0 Å². The summed E-state index contributed by atoms with van der Waals surface area (Å²) in [5, 5.41) is 15.0. The number of benzene rings is 2. The lowest BCUT2D eigenvalue weighted by Crippen LogP contribution is -2.10. The fraction of sp³-hybridized carbons (Fsp3) is 0.0455. The number of fused-ring (bicyclic) bond motifs is 1. The molecule has 0 atom stereocenters. The molecule has 6 nitrogen and oxygen atoms in total. The van der Waals surface area contributed by atoms with E-state index in [4.69, 9.17) is 27.3 Å². The zero-order valence-corrected chi connectivity index (χ0v) is 15.4. The largest absolute Gasteiger partial charge is 0.384 e.